The van der Waals surface area contributed by atoms with Crippen molar-refractivity contribution in [1.82, 2.24) is 0 Å². The van der Waals surface area contributed by atoms with E-state index in [1.165, 1.54) is 0 Å². The molecule has 0 fully saturated rings. The highest BCUT2D eigenvalue weighted by molar-refractivity contribution is 5.26. The molecule has 4 nitrogen and oxygen atoms in total. The lowest BCUT2D eigenvalue weighted by Gasteiger charge is -2.32. The van der Waals surface area contributed by atoms with Crippen LogP contribution in [-0.2, 0) is 0 Å². The fourth-order valence-corrected chi connectivity index (χ4v) is 2.16. The number of para-hydroxylation sites is 3. The predicted octanol–water partition coefficient (Wildman–Crippen LogP) is 3.87. The van der Waals surface area contributed by atoms with E-state index in [0.717, 1.165) is 0 Å². The molecule has 0 heterocycles. The highest BCUT2D eigenvalue weighted by atomic mass is 16.9. The molecule has 0 radical (unpaired) electrons. The van der Waals surface area contributed by atoms with E-state index in [2.05, 4.69) is 0 Å². The predicted molar refractivity (Wildman–Crippen MR) is 91.0 cm³/mol. The number of aliphatic hydroxyl groups is 1. The minimum atomic E-state index is -1.69. The van der Waals surface area contributed by atoms with Crippen LogP contribution in [0, 0.1) is 0 Å². The summed E-state index contributed by atoms with van der Waals surface area (Å²) in [5.74, 6) is -0.111. The van der Waals surface area contributed by atoms with Crippen LogP contribution in [0.3, 0.4) is 0 Å². The van der Waals surface area contributed by atoms with Gasteiger partial charge in [0.1, 0.15) is 17.2 Å². The van der Waals surface area contributed by atoms with Gasteiger partial charge in [-0.3, -0.25) is 0 Å². The number of rotatable bonds is 7. The van der Waals surface area contributed by atoms with Gasteiger partial charge in [0.15, 0.2) is 6.61 Å². The first kappa shape index (κ1) is 15.9. The Morgan fingerprint density at radius 1 is 0.542 bits per heavy atom. The van der Waals surface area contributed by atoms with E-state index in [1.807, 2.05) is 54.6 Å². The molecule has 0 bridgehead atoms. The Balaban J connectivity index is 1.91. The molecule has 0 atom stereocenters. The van der Waals surface area contributed by atoms with Crippen LogP contribution in [0.4, 0.5) is 0 Å². The summed E-state index contributed by atoms with van der Waals surface area (Å²) in [5.41, 5.74) is 0. The third-order valence-electron chi connectivity index (χ3n) is 3.24. The first-order chi connectivity index (χ1) is 11.8. The Labute approximate surface area is 140 Å². The SMILES string of the molecule is OCC(Oc1ccccc1)(Oc1ccccc1)Oc1ccccc1. The number of aliphatic hydroxyl groups excluding tert-OH is 1. The van der Waals surface area contributed by atoms with E-state index in [0.29, 0.717) is 17.2 Å². The lowest BCUT2D eigenvalue weighted by molar-refractivity contribution is -0.270. The zero-order valence-electron chi connectivity index (χ0n) is 13.0. The van der Waals surface area contributed by atoms with Crippen molar-refractivity contribution in [3.05, 3.63) is 91.0 Å². The van der Waals surface area contributed by atoms with Gasteiger partial charge in [0.2, 0.25) is 0 Å². The van der Waals surface area contributed by atoms with Crippen molar-refractivity contribution in [3.63, 3.8) is 0 Å². The summed E-state index contributed by atoms with van der Waals surface area (Å²) in [6.07, 6.45) is 0. The van der Waals surface area contributed by atoms with Gasteiger partial charge < -0.3 is 19.3 Å². The molecule has 0 saturated heterocycles. The van der Waals surface area contributed by atoms with Gasteiger partial charge in [-0.05, 0) is 36.4 Å². The number of benzene rings is 3. The minimum absolute atomic E-state index is 0.494. The molecule has 0 aliphatic rings. The molecule has 0 amide bonds. The molecular weight excluding hydrogens is 304 g/mol. The summed E-state index contributed by atoms with van der Waals surface area (Å²) in [5, 5.41) is 9.99. The fourth-order valence-electron chi connectivity index (χ4n) is 2.16. The van der Waals surface area contributed by atoms with Gasteiger partial charge in [0.05, 0.1) is 0 Å². The zero-order chi connectivity index (χ0) is 16.7. The lowest BCUT2D eigenvalue weighted by Crippen LogP contribution is -2.51. The smallest absolute Gasteiger partial charge is 0.419 e. The van der Waals surface area contributed by atoms with Crippen molar-refractivity contribution < 1.29 is 19.3 Å². The minimum Gasteiger partial charge on any atom is -0.419 e. The average molecular weight is 322 g/mol. The van der Waals surface area contributed by atoms with Crippen LogP contribution in [0.15, 0.2) is 91.0 Å². The van der Waals surface area contributed by atoms with Crippen LogP contribution in [0.2, 0.25) is 0 Å². The van der Waals surface area contributed by atoms with E-state index < -0.39 is 12.6 Å². The largest absolute Gasteiger partial charge is 0.442 e. The van der Waals surface area contributed by atoms with Gasteiger partial charge in [0.25, 0.3) is 0 Å². The van der Waals surface area contributed by atoms with Crippen LogP contribution >= 0.6 is 0 Å². The molecule has 0 saturated carbocycles. The molecule has 0 aliphatic carbocycles. The molecule has 0 aliphatic heterocycles. The number of hydrogen-bond acceptors (Lipinski definition) is 4. The van der Waals surface area contributed by atoms with Gasteiger partial charge in [0, 0.05) is 0 Å². The highest BCUT2D eigenvalue weighted by Crippen LogP contribution is 2.26. The summed E-state index contributed by atoms with van der Waals surface area (Å²) in [6.45, 7) is -0.494. The Morgan fingerprint density at radius 2 is 0.833 bits per heavy atom. The second kappa shape index (κ2) is 7.53. The van der Waals surface area contributed by atoms with Crippen molar-refractivity contribution in [1.29, 1.82) is 0 Å². The quantitative estimate of drug-likeness (QED) is 0.671. The number of ether oxygens (including phenoxy) is 3. The van der Waals surface area contributed by atoms with E-state index in [9.17, 15) is 5.11 Å². The molecule has 24 heavy (non-hydrogen) atoms. The third-order valence-corrected chi connectivity index (χ3v) is 3.24. The summed E-state index contributed by atoms with van der Waals surface area (Å²) in [6, 6.07) is 27.3. The maximum absolute atomic E-state index is 9.99. The monoisotopic (exact) mass is 322 g/mol. The van der Waals surface area contributed by atoms with Crippen LogP contribution in [0.25, 0.3) is 0 Å². The molecule has 1 N–H and O–H groups in total. The molecule has 0 spiro atoms. The molecular formula is C20H18O4. The molecule has 0 unspecified atom stereocenters. The van der Waals surface area contributed by atoms with Crippen LogP contribution < -0.4 is 14.2 Å². The van der Waals surface area contributed by atoms with Crippen LogP contribution in [0.1, 0.15) is 0 Å². The molecule has 3 aromatic rings. The van der Waals surface area contributed by atoms with Crippen molar-refractivity contribution in [3.8, 4) is 17.2 Å². The van der Waals surface area contributed by atoms with Crippen molar-refractivity contribution in [2.45, 2.75) is 5.97 Å². The highest BCUT2D eigenvalue weighted by Gasteiger charge is 2.38. The van der Waals surface area contributed by atoms with E-state index in [1.54, 1.807) is 36.4 Å². The van der Waals surface area contributed by atoms with Crippen LogP contribution in [0.5, 0.6) is 17.2 Å². The van der Waals surface area contributed by atoms with E-state index in [4.69, 9.17) is 14.2 Å². The van der Waals surface area contributed by atoms with Gasteiger partial charge in [-0.15, -0.1) is 0 Å². The second-order valence-electron chi connectivity index (χ2n) is 5.09. The second-order valence-corrected chi connectivity index (χ2v) is 5.09. The van der Waals surface area contributed by atoms with Crippen LogP contribution in [-0.4, -0.2) is 17.7 Å². The Hall–Kier alpha value is -2.98. The van der Waals surface area contributed by atoms with Gasteiger partial charge in [-0.1, -0.05) is 54.6 Å². The lowest BCUT2D eigenvalue weighted by atomic mass is 10.3. The van der Waals surface area contributed by atoms with E-state index in [-0.39, 0.29) is 0 Å². The average Bonchev–Trinajstić information content (AvgIpc) is 2.64. The van der Waals surface area contributed by atoms with Crippen molar-refractivity contribution in [2.24, 2.45) is 0 Å². The van der Waals surface area contributed by atoms with Crippen molar-refractivity contribution >= 4 is 0 Å². The summed E-state index contributed by atoms with van der Waals surface area (Å²) in [7, 11) is 0. The van der Waals surface area contributed by atoms with Gasteiger partial charge >= 0.3 is 5.97 Å². The summed E-state index contributed by atoms with van der Waals surface area (Å²) >= 11 is 0. The molecule has 3 aromatic carbocycles. The van der Waals surface area contributed by atoms with Crippen molar-refractivity contribution in [2.75, 3.05) is 6.61 Å². The number of hydrogen-bond donors (Lipinski definition) is 1. The van der Waals surface area contributed by atoms with Gasteiger partial charge in [-0.2, -0.15) is 0 Å². The molecule has 3 rings (SSSR count). The standard InChI is InChI=1S/C20H18O4/c21-16-20(22-17-10-4-1-5-11-17,23-18-12-6-2-7-13-18)24-19-14-8-3-9-15-19/h1-15,21H,16H2. The topological polar surface area (TPSA) is 47.9 Å². The Morgan fingerprint density at radius 3 is 1.08 bits per heavy atom. The third kappa shape index (κ3) is 4.06. The first-order valence-electron chi connectivity index (χ1n) is 7.63. The maximum Gasteiger partial charge on any atom is 0.442 e. The first-order valence-corrected chi connectivity index (χ1v) is 7.63. The Bertz CT molecular complexity index is 628. The van der Waals surface area contributed by atoms with E-state index >= 15 is 0 Å². The summed E-state index contributed by atoms with van der Waals surface area (Å²) < 4.78 is 17.6. The molecule has 122 valence electrons. The zero-order valence-corrected chi connectivity index (χ0v) is 13.0. The Kier molecular flexibility index (Phi) is 4.99. The maximum atomic E-state index is 9.99. The molecule has 4 heteroatoms. The van der Waals surface area contributed by atoms with Gasteiger partial charge in [-0.25, -0.2) is 0 Å². The fraction of sp³-hybridized carbons (Fsp3) is 0.100. The summed E-state index contributed by atoms with van der Waals surface area (Å²) in [4.78, 5) is 0. The normalized spacial score (nSPS) is 10.9. The molecule has 0 aromatic heterocycles.